The number of rotatable bonds is 4. The van der Waals surface area contributed by atoms with Gasteiger partial charge >= 0.3 is 0 Å². The van der Waals surface area contributed by atoms with E-state index >= 15 is 0 Å². The second kappa shape index (κ2) is 5.17. The average molecular weight is 294 g/mol. The summed E-state index contributed by atoms with van der Waals surface area (Å²) in [5.74, 6) is 0.0345. The summed E-state index contributed by atoms with van der Waals surface area (Å²) in [7, 11) is 0. The molecule has 0 radical (unpaired) electrons. The van der Waals surface area contributed by atoms with E-state index in [4.69, 9.17) is 9.68 Å². The first kappa shape index (κ1) is 13.4. The first-order chi connectivity index (χ1) is 10.8. The number of aryl methyl sites for hydroxylation is 2. The van der Waals surface area contributed by atoms with E-state index in [9.17, 15) is 4.79 Å². The smallest absolute Gasteiger partial charge is 0.228 e. The first-order valence-electron chi connectivity index (χ1n) is 7.94. The maximum absolute atomic E-state index is 12.5. The summed E-state index contributed by atoms with van der Waals surface area (Å²) in [6.45, 7) is 0.189. The van der Waals surface area contributed by atoms with Gasteiger partial charge in [0.1, 0.15) is 12.1 Å². The zero-order chi connectivity index (χ0) is 15.1. The average Bonchev–Trinajstić information content (AvgIpc) is 3.13. The van der Waals surface area contributed by atoms with Crippen molar-refractivity contribution in [2.45, 2.75) is 44.6 Å². The molecule has 1 aromatic carbocycles. The van der Waals surface area contributed by atoms with Crippen LogP contribution in [0.2, 0.25) is 0 Å². The molecule has 0 spiro atoms. The van der Waals surface area contributed by atoms with Gasteiger partial charge in [-0.3, -0.25) is 4.79 Å². The van der Waals surface area contributed by atoms with Crippen LogP contribution in [0.15, 0.2) is 22.8 Å². The molecule has 112 valence electrons. The van der Waals surface area contributed by atoms with Gasteiger partial charge in [-0.1, -0.05) is 0 Å². The molecule has 1 saturated carbocycles. The second-order valence-corrected chi connectivity index (χ2v) is 6.32. The zero-order valence-corrected chi connectivity index (χ0v) is 12.5. The van der Waals surface area contributed by atoms with Gasteiger partial charge in [0, 0.05) is 17.0 Å². The van der Waals surface area contributed by atoms with E-state index in [0.29, 0.717) is 6.42 Å². The van der Waals surface area contributed by atoms with Gasteiger partial charge in [-0.25, -0.2) is 0 Å². The molecule has 1 heterocycles. The number of amides is 1. The fraction of sp³-hybridized carbons (Fsp3) is 0.444. The van der Waals surface area contributed by atoms with Crippen molar-refractivity contribution in [2.24, 2.45) is 0 Å². The molecule has 22 heavy (non-hydrogen) atoms. The Bertz CT molecular complexity index is 780. The minimum absolute atomic E-state index is 0.0345. The lowest BCUT2D eigenvalue weighted by atomic mass is 10.0. The van der Waals surface area contributed by atoms with Crippen molar-refractivity contribution in [2.75, 3.05) is 6.54 Å². The van der Waals surface area contributed by atoms with Crippen molar-refractivity contribution in [3.05, 3.63) is 35.1 Å². The second-order valence-electron chi connectivity index (χ2n) is 6.32. The molecule has 1 aromatic heterocycles. The minimum Gasteiger partial charge on any atom is -0.464 e. The van der Waals surface area contributed by atoms with Gasteiger partial charge in [-0.2, -0.15) is 5.26 Å². The number of carbonyl (C=O) groups is 1. The predicted octanol–water partition coefficient (Wildman–Crippen LogP) is 2.98. The van der Waals surface area contributed by atoms with Crippen LogP contribution < -0.4 is 0 Å². The number of benzene rings is 1. The molecule has 4 heteroatoms. The lowest BCUT2D eigenvalue weighted by Gasteiger charge is -2.18. The van der Waals surface area contributed by atoms with Crippen molar-refractivity contribution in [3.63, 3.8) is 0 Å². The first-order valence-corrected chi connectivity index (χ1v) is 7.94. The third kappa shape index (κ3) is 2.27. The van der Waals surface area contributed by atoms with E-state index in [1.54, 1.807) is 11.2 Å². The van der Waals surface area contributed by atoms with Crippen molar-refractivity contribution in [1.29, 1.82) is 5.26 Å². The molecule has 0 N–H and O–H groups in total. The maximum atomic E-state index is 12.5. The Balaban J connectivity index is 1.61. The van der Waals surface area contributed by atoms with E-state index in [1.807, 2.05) is 0 Å². The number of hydrogen-bond donors (Lipinski definition) is 0. The van der Waals surface area contributed by atoms with Gasteiger partial charge in [-0.05, 0) is 55.4 Å². The number of nitrogens with zero attached hydrogens (tertiary/aromatic N) is 2. The highest BCUT2D eigenvalue weighted by molar-refractivity contribution is 5.89. The number of fused-ring (bicyclic) bond motifs is 2. The van der Waals surface area contributed by atoms with Crippen molar-refractivity contribution < 1.29 is 9.21 Å². The molecular weight excluding hydrogens is 276 g/mol. The van der Waals surface area contributed by atoms with E-state index < -0.39 is 0 Å². The number of carbonyl (C=O) groups excluding carboxylic acids is 1. The molecule has 0 bridgehead atoms. The van der Waals surface area contributed by atoms with Crippen molar-refractivity contribution in [3.8, 4) is 6.07 Å². The quantitative estimate of drug-likeness (QED) is 0.815. The van der Waals surface area contributed by atoms with Gasteiger partial charge in [0.25, 0.3) is 0 Å². The van der Waals surface area contributed by atoms with Crippen LogP contribution in [0.25, 0.3) is 11.0 Å². The van der Waals surface area contributed by atoms with Crippen LogP contribution in [-0.2, 0) is 24.1 Å². The van der Waals surface area contributed by atoms with Gasteiger partial charge < -0.3 is 9.32 Å². The fourth-order valence-corrected chi connectivity index (χ4v) is 3.43. The highest BCUT2D eigenvalue weighted by atomic mass is 16.3. The largest absolute Gasteiger partial charge is 0.464 e. The van der Waals surface area contributed by atoms with E-state index in [0.717, 1.165) is 42.2 Å². The molecule has 0 unspecified atom stereocenters. The summed E-state index contributed by atoms with van der Waals surface area (Å²) in [5.41, 5.74) is 4.59. The third-order valence-corrected chi connectivity index (χ3v) is 4.76. The van der Waals surface area contributed by atoms with Crippen molar-refractivity contribution >= 4 is 16.9 Å². The summed E-state index contributed by atoms with van der Waals surface area (Å²) in [4.78, 5) is 14.2. The Morgan fingerprint density at radius 1 is 1.32 bits per heavy atom. The van der Waals surface area contributed by atoms with Gasteiger partial charge in [0.05, 0.1) is 18.8 Å². The Labute approximate surface area is 129 Å². The topological polar surface area (TPSA) is 57.2 Å². The Morgan fingerprint density at radius 2 is 2.09 bits per heavy atom. The van der Waals surface area contributed by atoms with E-state index in [-0.39, 0.29) is 18.5 Å². The van der Waals surface area contributed by atoms with Gasteiger partial charge in [0.2, 0.25) is 5.91 Å². The number of furan rings is 1. The lowest BCUT2D eigenvalue weighted by Crippen LogP contribution is -2.34. The van der Waals surface area contributed by atoms with Gasteiger partial charge in [0.15, 0.2) is 0 Å². The van der Waals surface area contributed by atoms with Crippen LogP contribution in [0.3, 0.4) is 0 Å². The minimum atomic E-state index is 0.0345. The van der Waals surface area contributed by atoms with Crippen LogP contribution in [0.4, 0.5) is 0 Å². The third-order valence-electron chi connectivity index (χ3n) is 4.76. The van der Waals surface area contributed by atoms with Crippen LogP contribution in [0.5, 0.6) is 0 Å². The Morgan fingerprint density at radius 3 is 2.82 bits per heavy atom. The predicted molar refractivity (Wildman–Crippen MR) is 82.3 cm³/mol. The molecule has 1 amide bonds. The Hall–Kier alpha value is -2.28. The highest BCUT2D eigenvalue weighted by Crippen LogP contribution is 2.32. The molecule has 2 aliphatic rings. The molecule has 2 aliphatic carbocycles. The standard InChI is InChI=1S/C18H18N2O2/c19-6-7-20(15-4-5-15)18(21)10-14-11-22-17-9-13-3-1-2-12(13)8-16(14)17/h8-9,11,15H,1-5,7,10H2. The number of hydrogen-bond acceptors (Lipinski definition) is 3. The molecule has 4 rings (SSSR count). The Kier molecular flexibility index (Phi) is 3.15. The normalized spacial score (nSPS) is 16.5. The monoisotopic (exact) mass is 294 g/mol. The molecule has 0 aliphatic heterocycles. The maximum Gasteiger partial charge on any atom is 0.228 e. The summed E-state index contributed by atoms with van der Waals surface area (Å²) in [6.07, 6.45) is 7.51. The van der Waals surface area contributed by atoms with Crippen LogP contribution >= 0.6 is 0 Å². The molecule has 1 fully saturated rings. The van der Waals surface area contributed by atoms with Crippen LogP contribution in [-0.4, -0.2) is 23.4 Å². The summed E-state index contributed by atoms with van der Waals surface area (Å²) in [5, 5.41) is 9.96. The molecule has 2 aromatic rings. The highest BCUT2D eigenvalue weighted by Gasteiger charge is 2.32. The lowest BCUT2D eigenvalue weighted by molar-refractivity contribution is -0.130. The van der Waals surface area contributed by atoms with Crippen molar-refractivity contribution in [1.82, 2.24) is 4.90 Å². The summed E-state index contributed by atoms with van der Waals surface area (Å²) in [6, 6.07) is 6.69. The summed E-state index contributed by atoms with van der Waals surface area (Å²) >= 11 is 0. The van der Waals surface area contributed by atoms with E-state index in [2.05, 4.69) is 18.2 Å². The molecule has 0 atom stereocenters. The molecule has 4 nitrogen and oxygen atoms in total. The zero-order valence-electron chi connectivity index (χ0n) is 12.5. The summed E-state index contributed by atoms with van der Waals surface area (Å²) < 4.78 is 5.66. The number of nitriles is 1. The fourth-order valence-electron chi connectivity index (χ4n) is 3.43. The van der Waals surface area contributed by atoms with Crippen LogP contribution in [0, 0.1) is 11.3 Å². The SMILES string of the molecule is N#CCN(C(=O)Cc1coc2cc3c(cc12)CCC3)C1CC1. The van der Waals surface area contributed by atoms with Crippen LogP contribution in [0.1, 0.15) is 36.0 Å². The molecule has 0 saturated heterocycles. The molecular formula is C18H18N2O2. The van der Waals surface area contributed by atoms with Gasteiger partial charge in [-0.15, -0.1) is 0 Å². The van der Waals surface area contributed by atoms with E-state index in [1.165, 1.54) is 17.5 Å².